The second kappa shape index (κ2) is 7.72. The van der Waals surface area contributed by atoms with Crippen LogP contribution in [0.1, 0.15) is 51.4 Å². The Morgan fingerprint density at radius 2 is 1.92 bits per heavy atom. The van der Waals surface area contributed by atoms with E-state index in [1.54, 1.807) is 12.0 Å². The first kappa shape index (κ1) is 17.5. The van der Waals surface area contributed by atoms with Crippen molar-refractivity contribution in [1.82, 2.24) is 9.80 Å². The second-order valence-electron chi connectivity index (χ2n) is 7.45. The number of piperidine rings is 1. The molecule has 6 nitrogen and oxygen atoms in total. The molecule has 24 heavy (non-hydrogen) atoms. The summed E-state index contributed by atoms with van der Waals surface area (Å²) in [6, 6.07) is 0.422. The number of carbonyl (C=O) groups excluding carboxylic acids is 2. The molecule has 2 saturated heterocycles. The van der Waals surface area contributed by atoms with E-state index in [-0.39, 0.29) is 24.0 Å². The average Bonchev–Trinajstić information content (AvgIpc) is 3.04. The molecule has 3 rings (SSSR count). The van der Waals surface area contributed by atoms with Gasteiger partial charge in [-0.05, 0) is 32.1 Å². The van der Waals surface area contributed by atoms with Crippen molar-refractivity contribution in [3.8, 4) is 0 Å². The lowest BCUT2D eigenvalue weighted by atomic mass is 9.77. The maximum atomic E-state index is 13.2. The molecule has 3 fully saturated rings. The van der Waals surface area contributed by atoms with Crippen LogP contribution >= 0.6 is 0 Å². The van der Waals surface area contributed by atoms with Gasteiger partial charge in [-0.3, -0.25) is 4.79 Å². The van der Waals surface area contributed by atoms with Crippen molar-refractivity contribution in [1.29, 1.82) is 0 Å². The van der Waals surface area contributed by atoms with E-state index in [0.29, 0.717) is 25.7 Å². The number of nitrogens with zero attached hydrogens (tertiary/aromatic N) is 2. The maximum Gasteiger partial charge on any atom is 0.409 e. The molecule has 0 radical (unpaired) electrons. The molecule has 2 amide bonds. The van der Waals surface area contributed by atoms with Gasteiger partial charge in [0.05, 0.1) is 12.0 Å². The van der Waals surface area contributed by atoms with Crippen LogP contribution in [0.25, 0.3) is 0 Å². The fourth-order valence-corrected chi connectivity index (χ4v) is 4.55. The standard InChI is InChI=1S/C18H30N2O4/c1-23-12-13-24-17(22)19-11-9-18(14-19)8-5-10-20(16(18)21)15-6-3-2-4-7-15/h15H,2-14H2,1H3/t18-/m1/s1. The minimum Gasteiger partial charge on any atom is -0.447 e. The average molecular weight is 338 g/mol. The van der Waals surface area contributed by atoms with Gasteiger partial charge in [-0.1, -0.05) is 19.3 Å². The van der Waals surface area contributed by atoms with E-state index < -0.39 is 0 Å². The van der Waals surface area contributed by atoms with E-state index in [1.165, 1.54) is 19.3 Å². The number of ether oxygens (including phenoxy) is 2. The third-order valence-corrected chi connectivity index (χ3v) is 5.91. The summed E-state index contributed by atoms with van der Waals surface area (Å²) in [5.74, 6) is 0.285. The number of rotatable bonds is 4. The van der Waals surface area contributed by atoms with Gasteiger partial charge in [0.15, 0.2) is 0 Å². The molecule has 136 valence electrons. The zero-order valence-corrected chi connectivity index (χ0v) is 14.8. The Balaban J connectivity index is 1.60. The number of methoxy groups -OCH3 is 1. The van der Waals surface area contributed by atoms with Crippen LogP contribution in [0.15, 0.2) is 0 Å². The van der Waals surface area contributed by atoms with Crippen molar-refractivity contribution >= 4 is 12.0 Å². The predicted molar refractivity (Wildman–Crippen MR) is 89.7 cm³/mol. The van der Waals surface area contributed by atoms with Crippen molar-refractivity contribution in [3.05, 3.63) is 0 Å². The van der Waals surface area contributed by atoms with Gasteiger partial charge >= 0.3 is 6.09 Å². The van der Waals surface area contributed by atoms with Crippen LogP contribution in [0.2, 0.25) is 0 Å². The minimum atomic E-state index is -0.365. The molecule has 1 spiro atoms. The van der Waals surface area contributed by atoms with E-state index in [0.717, 1.165) is 38.6 Å². The normalized spacial score (nSPS) is 28.6. The first-order chi connectivity index (χ1) is 11.7. The molecule has 0 bridgehead atoms. The third-order valence-electron chi connectivity index (χ3n) is 5.91. The highest BCUT2D eigenvalue weighted by molar-refractivity contribution is 5.85. The molecule has 3 aliphatic rings. The SMILES string of the molecule is COCCOC(=O)N1CC[C@]2(CCCN(C3CCCCC3)C2=O)C1. The molecule has 1 saturated carbocycles. The van der Waals surface area contributed by atoms with Crippen LogP contribution in [0, 0.1) is 5.41 Å². The third kappa shape index (κ3) is 3.53. The Bertz CT molecular complexity index is 464. The molecule has 2 aliphatic heterocycles. The number of amides is 2. The first-order valence-electron chi connectivity index (χ1n) is 9.38. The summed E-state index contributed by atoms with van der Waals surface area (Å²) in [7, 11) is 1.58. The van der Waals surface area contributed by atoms with Crippen LogP contribution in [0.4, 0.5) is 4.79 Å². The molecule has 1 atom stereocenters. The first-order valence-corrected chi connectivity index (χ1v) is 9.38. The van der Waals surface area contributed by atoms with Gasteiger partial charge in [-0.2, -0.15) is 0 Å². The molecular formula is C18H30N2O4. The Morgan fingerprint density at radius 1 is 1.12 bits per heavy atom. The Labute approximate surface area is 144 Å². The van der Waals surface area contributed by atoms with Crippen LogP contribution in [-0.2, 0) is 14.3 Å². The van der Waals surface area contributed by atoms with Crippen molar-refractivity contribution in [2.45, 2.75) is 57.4 Å². The topological polar surface area (TPSA) is 59.1 Å². The zero-order chi connectivity index (χ0) is 17.0. The molecule has 0 aromatic heterocycles. The van der Waals surface area contributed by atoms with Gasteiger partial charge in [-0.15, -0.1) is 0 Å². The van der Waals surface area contributed by atoms with Crippen molar-refractivity contribution in [3.63, 3.8) is 0 Å². The number of hydrogen-bond acceptors (Lipinski definition) is 4. The molecule has 0 aromatic carbocycles. The largest absolute Gasteiger partial charge is 0.447 e. The van der Waals surface area contributed by atoms with Gasteiger partial charge < -0.3 is 19.3 Å². The molecule has 0 N–H and O–H groups in total. The Hall–Kier alpha value is -1.30. The zero-order valence-electron chi connectivity index (χ0n) is 14.8. The highest BCUT2D eigenvalue weighted by Crippen LogP contribution is 2.42. The summed E-state index contributed by atoms with van der Waals surface area (Å²) in [5.41, 5.74) is -0.365. The van der Waals surface area contributed by atoms with Gasteiger partial charge in [0.25, 0.3) is 0 Å². The molecule has 0 aromatic rings. The monoisotopic (exact) mass is 338 g/mol. The number of hydrogen-bond donors (Lipinski definition) is 0. The predicted octanol–water partition coefficient (Wildman–Crippen LogP) is 2.42. The van der Waals surface area contributed by atoms with Gasteiger partial charge in [0.1, 0.15) is 6.61 Å². The minimum absolute atomic E-state index is 0.265. The van der Waals surface area contributed by atoms with E-state index in [2.05, 4.69) is 4.90 Å². The van der Waals surface area contributed by atoms with E-state index in [1.807, 2.05) is 0 Å². The van der Waals surface area contributed by atoms with Gasteiger partial charge in [-0.25, -0.2) is 4.79 Å². The summed E-state index contributed by atoms with van der Waals surface area (Å²) < 4.78 is 10.1. The lowest BCUT2D eigenvalue weighted by molar-refractivity contribution is -0.149. The quantitative estimate of drug-likeness (QED) is 0.739. The molecule has 1 aliphatic carbocycles. The van der Waals surface area contributed by atoms with Crippen LogP contribution in [0.5, 0.6) is 0 Å². The fourth-order valence-electron chi connectivity index (χ4n) is 4.55. The molecule has 0 unspecified atom stereocenters. The number of carbonyl (C=O) groups is 2. The molecule has 2 heterocycles. The molecular weight excluding hydrogens is 308 g/mol. The van der Waals surface area contributed by atoms with Crippen LogP contribution < -0.4 is 0 Å². The smallest absolute Gasteiger partial charge is 0.409 e. The summed E-state index contributed by atoms with van der Waals surface area (Å²) >= 11 is 0. The van der Waals surface area contributed by atoms with E-state index in [4.69, 9.17) is 9.47 Å². The summed E-state index contributed by atoms with van der Waals surface area (Å²) in [6.45, 7) is 2.69. The lowest BCUT2D eigenvalue weighted by Gasteiger charge is -2.44. The highest BCUT2D eigenvalue weighted by atomic mass is 16.6. The fraction of sp³-hybridized carbons (Fsp3) is 0.889. The summed E-state index contributed by atoms with van der Waals surface area (Å²) in [5, 5.41) is 0. The van der Waals surface area contributed by atoms with Crippen LogP contribution in [0.3, 0.4) is 0 Å². The maximum absolute atomic E-state index is 13.2. The Morgan fingerprint density at radius 3 is 2.67 bits per heavy atom. The Kier molecular flexibility index (Phi) is 5.64. The summed E-state index contributed by atoms with van der Waals surface area (Å²) in [4.78, 5) is 29.2. The highest BCUT2D eigenvalue weighted by Gasteiger charge is 2.50. The number of likely N-dealkylation sites (tertiary alicyclic amines) is 2. The van der Waals surface area contributed by atoms with Crippen molar-refractivity contribution in [2.24, 2.45) is 5.41 Å². The van der Waals surface area contributed by atoms with E-state index >= 15 is 0 Å². The van der Waals surface area contributed by atoms with Crippen LogP contribution in [-0.4, -0.2) is 67.8 Å². The lowest BCUT2D eigenvalue weighted by Crippen LogP contribution is -2.54. The van der Waals surface area contributed by atoms with Crippen molar-refractivity contribution in [2.75, 3.05) is 40.0 Å². The second-order valence-corrected chi connectivity index (χ2v) is 7.45. The van der Waals surface area contributed by atoms with Gasteiger partial charge in [0.2, 0.25) is 5.91 Å². The van der Waals surface area contributed by atoms with Crippen molar-refractivity contribution < 1.29 is 19.1 Å². The molecule has 6 heteroatoms. The summed E-state index contributed by atoms with van der Waals surface area (Å²) in [6.07, 6.45) is 8.46. The van der Waals surface area contributed by atoms with Gasteiger partial charge in [0, 0.05) is 32.8 Å². The van der Waals surface area contributed by atoms with E-state index in [9.17, 15) is 9.59 Å².